The van der Waals surface area contributed by atoms with Crippen LogP contribution < -0.4 is 16.0 Å². The van der Waals surface area contributed by atoms with Crippen molar-refractivity contribution in [1.82, 2.24) is 10.4 Å². The first-order chi connectivity index (χ1) is 8.76. The number of hydrogen-bond donors (Lipinski definition) is 2. The minimum atomic E-state index is -0.0517. The SMILES string of the molecule is CCOc1cncc(C(NN)c2cscc2C)c1. The molecule has 4 nitrogen and oxygen atoms in total. The molecular weight excluding hydrogens is 246 g/mol. The summed E-state index contributed by atoms with van der Waals surface area (Å²) in [4.78, 5) is 4.19. The third kappa shape index (κ3) is 2.69. The van der Waals surface area contributed by atoms with E-state index in [1.165, 1.54) is 11.1 Å². The molecule has 3 N–H and O–H groups in total. The van der Waals surface area contributed by atoms with Gasteiger partial charge in [-0.15, -0.1) is 0 Å². The smallest absolute Gasteiger partial charge is 0.137 e. The maximum Gasteiger partial charge on any atom is 0.137 e. The summed E-state index contributed by atoms with van der Waals surface area (Å²) >= 11 is 1.67. The normalized spacial score (nSPS) is 12.4. The van der Waals surface area contributed by atoms with Gasteiger partial charge in [0.2, 0.25) is 0 Å². The van der Waals surface area contributed by atoms with Crippen LogP contribution in [0.1, 0.15) is 29.7 Å². The van der Waals surface area contributed by atoms with Gasteiger partial charge in [-0.05, 0) is 47.4 Å². The van der Waals surface area contributed by atoms with Gasteiger partial charge in [0.25, 0.3) is 0 Å². The Kier molecular flexibility index (Phi) is 4.30. The van der Waals surface area contributed by atoms with Crippen LogP contribution >= 0.6 is 11.3 Å². The summed E-state index contributed by atoms with van der Waals surface area (Å²) in [6.07, 6.45) is 3.52. The molecule has 5 heteroatoms. The van der Waals surface area contributed by atoms with Gasteiger partial charge in [-0.25, -0.2) is 5.43 Å². The molecule has 96 valence electrons. The average molecular weight is 263 g/mol. The van der Waals surface area contributed by atoms with Crippen LogP contribution in [-0.4, -0.2) is 11.6 Å². The van der Waals surface area contributed by atoms with E-state index in [1.54, 1.807) is 17.5 Å². The van der Waals surface area contributed by atoms with E-state index in [0.717, 1.165) is 11.3 Å². The van der Waals surface area contributed by atoms with E-state index in [4.69, 9.17) is 10.6 Å². The molecule has 0 bridgehead atoms. The molecule has 1 atom stereocenters. The zero-order valence-electron chi connectivity index (χ0n) is 10.5. The summed E-state index contributed by atoms with van der Waals surface area (Å²) < 4.78 is 5.46. The van der Waals surface area contributed by atoms with E-state index in [9.17, 15) is 0 Å². The molecule has 2 heterocycles. The quantitative estimate of drug-likeness (QED) is 0.642. The zero-order valence-corrected chi connectivity index (χ0v) is 11.3. The minimum Gasteiger partial charge on any atom is -0.492 e. The molecule has 18 heavy (non-hydrogen) atoms. The molecule has 0 saturated heterocycles. The highest BCUT2D eigenvalue weighted by molar-refractivity contribution is 7.08. The number of hydrazine groups is 1. The van der Waals surface area contributed by atoms with Crippen molar-refractivity contribution >= 4 is 11.3 Å². The van der Waals surface area contributed by atoms with Crippen LogP contribution in [0.2, 0.25) is 0 Å². The Hall–Kier alpha value is -1.43. The maximum atomic E-state index is 5.67. The lowest BCUT2D eigenvalue weighted by molar-refractivity contribution is 0.338. The highest BCUT2D eigenvalue weighted by Gasteiger charge is 2.16. The lowest BCUT2D eigenvalue weighted by Gasteiger charge is -2.17. The molecular formula is C13H17N3OS. The third-order valence-electron chi connectivity index (χ3n) is 2.75. The number of pyridine rings is 1. The summed E-state index contributed by atoms with van der Waals surface area (Å²) in [7, 11) is 0. The van der Waals surface area contributed by atoms with Gasteiger partial charge in [0.05, 0.1) is 18.8 Å². The van der Waals surface area contributed by atoms with Gasteiger partial charge < -0.3 is 4.74 Å². The van der Waals surface area contributed by atoms with Gasteiger partial charge in [-0.2, -0.15) is 11.3 Å². The van der Waals surface area contributed by atoms with Crippen molar-refractivity contribution in [3.63, 3.8) is 0 Å². The number of hydrogen-bond acceptors (Lipinski definition) is 5. The lowest BCUT2D eigenvalue weighted by atomic mass is 10.0. The fourth-order valence-electron chi connectivity index (χ4n) is 1.87. The van der Waals surface area contributed by atoms with Gasteiger partial charge in [0.1, 0.15) is 5.75 Å². The number of nitrogens with two attached hydrogens (primary N) is 1. The Morgan fingerprint density at radius 2 is 2.28 bits per heavy atom. The standard InChI is InChI=1S/C13H17N3OS/c1-3-17-11-4-10(5-15-6-11)13(16-14)12-8-18-7-9(12)2/h4-8,13,16H,3,14H2,1-2H3. The topological polar surface area (TPSA) is 60.2 Å². The summed E-state index contributed by atoms with van der Waals surface area (Å²) in [5.74, 6) is 6.44. The maximum absolute atomic E-state index is 5.67. The third-order valence-corrected chi connectivity index (χ3v) is 3.63. The largest absolute Gasteiger partial charge is 0.492 e. The molecule has 2 rings (SSSR count). The number of ether oxygens (including phenoxy) is 1. The fraction of sp³-hybridized carbons (Fsp3) is 0.308. The van der Waals surface area contributed by atoms with Crippen LogP contribution in [0.25, 0.3) is 0 Å². The second-order valence-electron chi connectivity index (χ2n) is 4.00. The van der Waals surface area contributed by atoms with Crippen LogP contribution in [0, 0.1) is 6.92 Å². The molecule has 0 radical (unpaired) electrons. The fourth-order valence-corrected chi connectivity index (χ4v) is 2.75. The Morgan fingerprint density at radius 3 is 2.89 bits per heavy atom. The van der Waals surface area contributed by atoms with Gasteiger partial charge in [0.15, 0.2) is 0 Å². The van der Waals surface area contributed by atoms with Crippen LogP contribution in [0.5, 0.6) is 5.75 Å². The van der Waals surface area contributed by atoms with Gasteiger partial charge in [-0.1, -0.05) is 0 Å². The molecule has 0 fully saturated rings. The lowest BCUT2D eigenvalue weighted by Crippen LogP contribution is -2.29. The van der Waals surface area contributed by atoms with E-state index in [1.807, 2.05) is 19.2 Å². The highest BCUT2D eigenvalue weighted by atomic mass is 32.1. The van der Waals surface area contributed by atoms with Crippen molar-refractivity contribution in [2.24, 2.45) is 5.84 Å². The van der Waals surface area contributed by atoms with Gasteiger partial charge >= 0.3 is 0 Å². The zero-order chi connectivity index (χ0) is 13.0. The van der Waals surface area contributed by atoms with Crippen molar-refractivity contribution < 1.29 is 4.74 Å². The summed E-state index contributed by atoms with van der Waals surface area (Å²) in [6, 6.07) is 1.92. The molecule has 0 amide bonds. The molecule has 0 aliphatic rings. The van der Waals surface area contributed by atoms with Crippen LogP contribution in [0.3, 0.4) is 0 Å². The minimum absolute atomic E-state index is 0.0517. The Morgan fingerprint density at radius 1 is 1.44 bits per heavy atom. The second-order valence-corrected chi connectivity index (χ2v) is 4.74. The molecule has 0 saturated carbocycles. The highest BCUT2D eigenvalue weighted by Crippen LogP contribution is 2.28. The van der Waals surface area contributed by atoms with Crippen LogP contribution in [-0.2, 0) is 0 Å². The van der Waals surface area contributed by atoms with Crippen molar-refractivity contribution in [2.75, 3.05) is 6.61 Å². The number of aryl methyl sites for hydroxylation is 1. The van der Waals surface area contributed by atoms with E-state index in [-0.39, 0.29) is 6.04 Å². The first-order valence-electron chi connectivity index (χ1n) is 5.82. The van der Waals surface area contributed by atoms with Crippen LogP contribution in [0.4, 0.5) is 0 Å². The van der Waals surface area contributed by atoms with Gasteiger partial charge in [0, 0.05) is 6.20 Å². The van der Waals surface area contributed by atoms with Crippen molar-refractivity contribution in [1.29, 1.82) is 0 Å². The van der Waals surface area contributed by atoms with E-state index < -0.39 is 0 Å². The molecule has 0 aromatic carbocycles. The first-order valence-corrected chi connectivity index (χ1v) is 6.77. The summed E-state index contributed by atoms with van der Waals surface area (Å²) in [5, 5.41) is 4.21. The molecule has 0 spiro atoms. The number of nitrogens with one attached hydrogen (secondary N) is 1. The first kappa shape index (κ1) is 13.0. The Labute approximate surface area is 111 Å². The van der Waals surface area contributed by atoms with Crippen molar-refractivity contribution in [3.8, 4) is 5.75 Å². The Balaban J connectivity index is 2.33. The van der Waals surface area contributed by atoms with Crippen molar-refractivity contribution in [3.05, 3.63) is 45.9 Å². The second kappa shape index (κ2) is 5.95. The van der Waals surface area contributed by atoms with E-state index in [0.29, 0.717) is 6.61 Å². The number of nitrogens with zero attached hydrogens (tertiary/aromatic N) is 1. The Bertz CT molecular complexity index is 512. The van der Waals surface area contributed by atoms with E-state index >= 15 is 0 Å². The number of rotatable bonds is 5. The number of aromatic nitrogens is 1. The molecule has 2 aromatic heterocycles. The van der Waals surface area contributed by atoms with E-state index in [2.05, 4.69) is 28.1 Å². The monoisotopic (exact) mass is 263 g/mol. The molecule has 0 aliphatic heterocycles. The predicted octanol–water partition coefficient (Wildman–Crippen LogP) is 2.40. The van der Waals surface area contributed by atoms with Crippen LogP contribution in [0.15, 0.2) is 29.2 Å². The molecule has 1 unspecified atom stereocenters. The summed E-state index contributed by atoms with van der Waals surface area (Å²) in [5.41, 5.74) is 6.25. The van der Waals surface area contributed by atoms with Crippen molar-refractivity contribution in [2.45, 2.75) is 19.9 Å². The summed E-state index contributed by atoms with van der Waals surface area (Å²) in [6.45, 7) is 4.66. The number of thiophene rings is 1. The average Bonchev–Trinajstić information content (AvgIpc) is 2.78. The molecule has 0 aliphatic carbocycles. The predicted molar refractivity (Wildman–Crippen MR) is 73.6 cm³/mol. The van der Waals surface area contributed by atoms with Gasteiger partial charge in [-0.3, -0.25) is 10.8 Å². The molecule has 2 aromatic rings.